The number of anilines is 3. The lowest BCUT2D eigenvalue weighted by Gasteiger charge is -2.19. The average molecular weight is 445 g/mol. The second-order valence-corrected chi connectivity index (χ2v) is 8.71. The van der Waals surface area contributed by atoms with Crippen molar-refractivity contribution in [3.05, 3.63) is 94.4 Å². The number of rotatable bonds is 6. The Hall–Kier alpha value is -4.07. The van der Waals surface area contributed by atoms with Gasteiger partial charge in [-0.1, -0.05) is 45.0 Å². The second-order valence-electron chi connectivity index (χ2n) is 8.71. The molecule has 2 aromatic heterocycles. The van der Waals surface area contributed by atoms with Crippen molar-refractivity contribution >= 4 is 17.2 Å². The molecule has 0 bridgehead atoms. The largest absolute Gasteiger partial charge is 0.379 e. The second kappa shape index (κ2) is 9.20. The number of nitrogens with zero attached hydrogens (tertiary/aromatic N) is 3. The topological polar surface area (TPSA) is 95.6 Å². The van der Waals surface area contributed by atoms with Gasteiger partial charge < -0.3 is 10.6 Å². The zero-order valence-corrected chi connectivity index (χ0v) is 18.7. The summed E-state index contributed by atoms with van der Waals surface area (Å²) < 4.78 is 14.5. The average Bonchev–Trinajstić information content (AvgIpc) is 2.80. The normalized spacial score (nSPS) is 11.3. The molecule has 0 saturated carbocycles. The van der Waals surface area contributed by atoms with Crippen LogP contribution in [-0.4, -0.2) is 20.2 Å². The van der Waals surface area contributed by atoms with Gasteiger partial charge in [0.05, 0.1) is 11.4 Å². The summed E-state index contributed by atoms with van der Waals surface area (Å²) in [6.45, 7) is 6.98. The Morgan fingerprint density at radius 3 is 2.48 bits per heavy atom. The lowest BCUT2D eigenvalue weighted by Crippen LogP contribution is -2.14. The molecule has 0 aliphatic carbocycles. The summed E-state index contributed by atoms with van der Waals surface area (Å²) in [5.74, 6) is 0.111. The Bertz CT molecular complexity index is 1300. The summed E-state index contributed by atoms with van der Waals surface area (Å²) in [4.78, 5) is 20.1. The zero-order valence-electron chi connectivity index (χ0n) is 18.7. The summed E-state index contributed by atoms with van der Waals surface area (Å²) >= 11 is 0. The van der Waals surface area contributed by atoms with Gasteiger partial charge in [-0.25, -0.2) is 19.5 Å². The van der Waals surface area contributed by atoms with Gasteiger partial charge in [-0.15, -0.1) is 0 Å². The molecule has 0 atom stereocenters. The molecular weight excluding hydrogens is 419 g/mol. The van der Waals surface area contributed by atoms with Gasteiger partial charge >= 0.3 is 0 Å². The molecule has 4 rings (SSSR count). The molecule has 0 saturated heterocycles. The Balaban J connectivity index is 1.53. The Kier molecular flexibility index (Phi) is 6.17. The molecule has 7 nitrogen and oxygen atoms in total. The zero-order chi connectivity index (χ0) is 23.4. The first-order valence-electron chi connectivity index (χ1n) is 10.6. The van der Waals surface area contributed by atoms with Gasteiger partial charge in [-0.05, 0) is 46.9 Å². The van der Waals surface area contributed by atoms with Crippen LogP contribution in [0.5, 0.6) is 0 Å². The van der Waals surface area contributed by atoms with Crippen LogP contribution in [0.15, 0.2) is 71.9 Å². The Morgan fingerprint density at radius 2 is 1.79 bits per heavy atom. The van der Waals surface area contributed by atoms with Crippen LogP contribution in [0, 0.1) is 5.82 Å². The number of benzene rings is 2. The molecule has 4 aromatic rings. The molecule has 0 aliphatic heterocycles. The first-order valence-corrected chi connectivity index (χ1v) is 10.6. The third-order valence-corrected chi connectivity index (χ3v) is 5.21. The van der Waals surface area contributed by atoms with Gasteiger partial charge in [0.15, 0.2) is 0 Å². The van der Waals surface area contributed by atoms with Crippen molar-refractivity contribution in [1.29, 1.82) is 0 Å². The van der Waals surface area contributed by atoms with Crippen LogP contribution in [0.1, 0.15) is 31.9 Å². The van der Waals surface area contributed by atoms with Crippen LogP contribution in [0.2, 0.25) is 0 Å². The van der Waals surface area contributed by atoms with Crippen molar-refractivity contribution in [1.82, 2.24) is 20.2 Å². The van der Waals surface area contributed by atoms with E-state index in [2.05, 4.69) is 63.7 Å². The van der Waals surface area contributed by atoms with Crippen LogP contribution >= 0.6 is 0 Å². The van der Waals surface area contributed by atoms with E-state index in [1.54, 1.807) is 30.5 Å². The summed E-state index contributed by atoms with van der Waals surface area (Å²) in [6.07, 6.45) is 2.95. The highest BCUT2D eigenvalue weighted by atomic mass is 19.1. The first kappa shape index (κ1) is 22.1. The fourth-order valence-corrected chi connectivity index (χ4v) is 3.29. The maximum absolute atomic E-state index is 14.5. The van der Waals surface area contributed by atoms with Crippen LogP contribution in [0.3, 0.4) is 0 Å². The Labute approximate surface area is 191 Å². The summed E-state index contributed by atoms with van der Waals surface area (Å²) in [5.41, 5.74) is 3.75. The number of hydrogen-bond acceptors (Lipinski definition) is 6. The maximum atomic E-state index is 14.5. The molecule has 8 heteroatoms. The number of H-pyrrole nitrogens is 1. The fourth-order valence-electron chi connectivity index (χ4n) is 3.29. The molecule has 168 valence electrons. The molecule has 0 amide bonds. The van der Waals surface area contributed by atoms with Crippen LogP contribution in [0.25, 0.3) is 11.3 Å². The lowest BCUT2D eigenvalue weighted by molar-refractivity contribution is 0.590. The molecule has 0 radical (unpaired) electrons. The molecule has 0 fully saturated rings. The smallest absolute Gasteiger partial charge is 0.287 e. The molecule has 33 heavy (non-hydrogen) atoms. The Morgan fingerprint density at radius 1 is 1.00 bits per heavy atom. The van der Waals surface area contributed by atoms with E-state index in [0.717, 1.165) is 5.56 Å². The van der Waals surface area contributed by atoms with Gasteiger partial charge in [0.2, 0.25) is 0 Å². The molecular formula is C25H25FN6O. The van der Waals surface area contributed by atoms with E-state index in [0.29, 0.717) is 29.3 Å². The van der Waals surface area contributed by atoms with E-state index >= 15 is 0 Å². The van der Waals surface area contributed by atoms with Crippen LogP contribution < -0.4 is 16.2 Å². The number of aromatic amines is 1. The first-order chi connectivity index (χ1) is 15.8. The number of aromatic nitrogens is 4. The molecule has 2 aromatic carbocycles. The van der Waals surface area contributed by atoms with Gasteiger partial charge in [0.25, 0.3) is 5.56 Å². The standard InChI is InChI=1S/C25H25FN6O/c1-25(2,3)18-7-4-16(5-8-18)14-28-21-12-17(6-9-19(21)26)20-13-22(24(33)32-31-20)30-23-10-11-27-15-29-23/h4-13,15,28H,14H2,1-3H3,(H,32,33)(H,27,29,30,31). The van der Waals surface area contributed by atoms with Crippen molar-refractivity contribution in [3.63, 3.8) is 0 Å². The predicted octanol–water partition coefficient (Wildman–Crippen LogP) is 5.02. The highest BCUT2D eigenvalue weighted by Crippen LogP contribution is 2.26. The molecule has 2 heterocycles. The van der Waals surface area contributed by atoms with Crippen molar-refractivity contribution in [2.75, 3.05) is 10.6 Å². The van der Waals surface area contributed by atoms with Gasteiger partial charge in [-0.2, -0.15) is 5.10 Å². The van der Waals surface area contributed by atoms with E-state index in [1.165, 1.54) is 18.0 Å². The quantitative estimate of drug-likeness (QED) is 0.387. The van der Waals surface area contributed by atoms with Crippen molar-refractivity contribution in [3.8, 4) is 11.3 Å². The van der Waals surface area contributed by atoms with Crippen LogP contribution in [0.4, 0.5) is 21.6 Å². The van der Waals surface area contributed by atoms with Crippen molar-refractivity contribution < 1.29 is 4.39 Å². The maximum Gasteiger partial charge on any atom is 0.287 e. The van der Waals surface area contributed by atoms with E-state index in [1.807, 2.05) is 12.1 Å². The SMILES string of the molecule is CC(C)(C)c1ccc(CNc2cc(-c3cc(Nc4ccncn4)c(=O)[nH]n3)ccc2F)cc1. The minimum atomic E-state index is -0.392. The fraction of sp³-hybridized carbons (Fsp3) is 0.200. The van der Waals surface area contributed by atoms with Gasteiger partial charge in [0.1, 0.15) is 23.6 Å². The number of hydrogen-bond donors (Lipinski definition) is 3. The number of halogens is 1. The van der Waals surface area contributed by atoms with Crippen molar-refractivity contribution in [2.24, 2.45) is 0 Å². The summed E-state index contributed by atoms with van der Waals surface area (Å²) in [7, 11) is 0. The van der Waals surface area contributed by atoms with Gasteiger partial charge in [0, 0.05) is 18.3 Å². The predicted molar refractivity (Wildman–Crippen MR) is 128 cm³/mol. The lowest BCUT2D eigenvalue weighted by atomic mass is 9.87. The van der Waals surface area contributed by atoms with E-state index in [-0.39, 0.29) is 16.9 Å². The highest BCUT2D eigenvalue weighted by Gasteiger charge is 2.13. The van der Waals surface area contributed by atoms with E-state index < -0.39 is 5.56 Å². The van der Waals surface area contributed by atoms with Crippen LogP contribution in [-0.2, 0) is 12.0 Å². The third kappa shape index (κ3) is 5.41. The molecule has 3 N–H and O–H groups in total. The summed E-state index contributed by atoms with van der Waals surface area (Å²) in [6, 6.07) is 16.2. The van der Waals surface area contributed by atoms with E-state index in [4.69, 9.17) is 0 Å². The van der Waals surface area contributed by atoms with Crippen molar-refractivity contribution in [2.45, 2.75) is 32.7 Å². The minimum absolute atomic E-state index is 0.0806. The van der Waals surface area contributed by atoms with Gasteiger partial charge in [-0.3, -0.25) is 4.79 Å². The monoisotopic (exact) mass is 444 g/mol. The molecule has 0 unspecified atom stereocenters. The minimum Gasteiger partial charge on any atom is -0.379 e. The van der Waals surface area contributed by atoms with E-state index in [9.17, 15) is 9.18 Å². The highest BCUT2D eigenvalue weighted by molar-refractivity contribution is 5.69. The third-order valence-electron chi connectivity index (χ3n) is 5.21. The number of nitrogens with one attached hydrogen (secondary N) is 3. The molecule has 0 spiro atoms. The summed E-state index contributed by atoms with van der Waals surface area (Å²) in [5, 5.41) is 12.7. The molecule has 0 aliphatic rings.